The molecule has 4 nitrogen and oxygen atoms in total. The number of anilines is 1. The normalized spacial score (nSPS) is 17.5. The molecule has 0 bridgehead atoms. The van der Waals surface area contributed by atoms with Gasteiger partial charge in [-0.15, -0.1) is 0 Å². The highest BCUT2D eigenvalue weighted by molar-refractivity contribution is 9.10. The van der Waals surface area contributed by atoms with E-state index in [1.54, 1.807) is 18.2 Å². The Morgan fingerprint density at radius 2 is 2.16 bits per heavy atom. The summed E-state index contributed by atoms with van der Waals surface area (Å²) >= 11 is 9.24. The summed E-state index contributed by atoms with van der Waals surface area (Å²) in [6.07, 6.45) is 0.820. The largest absolute Gasteiger partial charge is 0.381 e. The second kappa shape index (κ2) is 5.91. The number of carbonyl (C=O) groups excluding carboxylic acids is 1. The molecule has 1 fully saturated rings. The maximum atomic E-state index is 12.3. The predicted molar refractivity (Wildman–Crippen MR) is 75.9 cm³/mol. The molecule has 0 unspecified atom stereocenters. The molecule has 1 N–H and O–H groups in total. The third-order valence-corrected chi connectivity index (χ3v) is 4.10. The average molecular weight is 344 g/mol. The topological polar surface area (TPSA) is 62.1 Å². The molecule has 0 radical (unpaired) electrons. The Morgan fingerprint density at radius 3 is 2.79 bits per heavy atom. The highest BCUT2D eigenvalue weighted by Gasteiger charge is 2.40. The lowest BCUT2D eigenvalue weighted by molar-refractivity contribution is -0.126. The molecule has 1 amide bonds. The first-order valence-electron chi connectivity index (χ1n) is 5.83. The van der Waals surface area contributed by atoms with Crippen LogP contribution in [0.25, 0.3) is 0 Å². The lowest BCUT2D eigenvalue weighted by atomic mass is 9.81. The number of ether oxygens (including phenoxy) is 1. The van der Waals surface area contributed by atoms with Gasteiger partial charge in [-0.05, 0) is 47.0 Å². The van der Waals surface area contributed by atoms with Crippen LogP contribution in [0.2, 0.25) is 5.02 Å². The van der Waals surface area contributed by atoms with E-state index in [4.69, 9.17) is 16.3 Å². The van der Waals surface area contributed by atoms with Crippen LogP contribution in [0, 0.1) is 16.7 Å². The Hall–Kier alpha value is -1.09. The third kappa shape index (κ3) is 3.08. The molecule has 2 rings (SSSR count). The van der Waals surface area contributed by atoms with Crippen molar-refractivity contribution in [2.45, 2.75) is 12.8 Å². The van der Waals surface area contributed by atoms with E-state index in [0.29, 0.717) is 36.8 Å². The molecular formula is C13H12BrClN2O2. The van der Waals surface area contributed by atoms with Crippen LogP contribution in [0.5, 0.6) is 0 Å². The molecule has 1 aromatic carbocycles. The number of nitriles is 1. The van der Waals surface area contributed by atoms with Crippen molar-refractivity contribution in [2.24, 2.45) is 5.41 Å². The highest BCUT2D eigenvalue weighted by Crippen LogP contribution is 2.33. The molecular weight excluding hydrogens is 332 g/mol. The van der Waals surface area contributed by atoms with Gasteiger partial charge in [0.25, 0.3) is 0 Å². The van der Waals surface area contributed by atoms with E-state index in [2.05, 4.69) is 27.3 Å². The molecule has 100 valence electrons. The number of benzene rings is 1. The fourth-order valence-corrected chi connectivity index (χ4v) is 2.46. The smallest absolute Gasteiger partial charge is 0.245 e. The zero-order valence-electron chi connectivity index (χ0n) is 10.1. The molecule has 0 atom stereocenters. The number of nitrogens with one attached hydrogen (secondary N) is 1. The summed E-state index contributed by atoms with van der Waals surface area (Å²) in [5, 5.41) is 12.6. The molecule has 6 heteroatoms. The maximum Gasteiger partial charge on any atom is 0.245 e. The fraction of sp³-hybridized carbons (Fsp3) is 0.385. The SMILES string of the molecule is N#CC1(C(=O)Nc2cc(Cl)ccc2Br)CCOCC1. The van der Waals surface area contributed by atoms with Crippen molar-refractivity contribution in [3.63, 3.8) is 0 Å². The van der Waals surface area contributed by atoms with Gasteiger partial charge >= 0.3 is 0 Å². The first-order valence-corrected chi connectivity index (χ1v) is 7.00. The minimum Gasteiger partial charge on any atom is -0.381 e. The Morgan fingerprint density at radius 1 is 1.47 bits per heavy atom. The van der Waals surface area contributed by atoms with E-state index in [1.165, 1.54) is 0 Å². The monoisotopic (exact) mass is 342 g/mol. The minimum absolute atomic E-state index is 0.304. The van der Waals surface area contributed by atoms with E-state index in [9.17, 15) is 10.1 Å². The summed E-state index contributed by atoms with van der Waals surface area (Å²) in [4.78, 5) is 12.3. The van der Waals surface area contributed by atoms with E-state index >= 15 is 0 Å². The summed E-state index contributed by atoms with van der Waals surface area (Å²) in [5.41, 5.74) is -0.446. The summed E-state index contributed by atoms with van der Waals surface area (Å²) in [5.74, 6) is -0.304. The lowest BCUT2D eigenvalue weighted by Gasteiger charge is -2.29. The molecule has 1 aliphatic heterocycles. The van der Waals surface area contributed by atoms with E-state index in [-0.39, 0.29) is 5.91 Å². The molecule has 19 heavy (non-hydrogen) atoms. The van der Waals surface area contributed by atoms with Gasteiger partial charge in [-0.25, -0.2) is 0 Å². The summed E-state index contributed by atoms with van der Waals surface area (Å²) in [7, 11) is 0. The number of amides is 1. The molecule has 0 spiro atoms. The van der Waals surface area contributed by atoms with Crippen LogP contribution in [-0.4, -0.2) is 19.1 Å². The molecule has 1 heterocycles. The van der Waals surface area contributed by atoms with Crippen molar-refractivity contribution < 1.29 is 9.53 Å². The number of nitrogens with zero attached hydrogens (tertiary/aromatic N) is 1. The predicted octanol–water partition coefficient (Wildman–Crippen LogP) is 3.36. The minimum atomic E-state index is -1.01. The van der Waals surface area contributed by atoms with Crippen LogP contribution in [-0.2, 0) is 9.53 Å². The van der Waals surface area contributed by atoms with Gasteiger partial charge in [-0.3, -0.25) is 4.79 Å². The number of halogens is 2. The van der Waals surface area contributed by atoms with Crippen molar-refractivity contribution in [2.75, 3.05) is 18.5 Å². The van der Waals surface area contributed by atoms with E-state index in [0.717, 1.165) is 4.47 Å². The van der Waals surface area contributed by atoms with Crippen LogP contribution in [0.15, 0.2) is 22.7 Å². The molecule has 0 aromatic heterocycles. The molecule has 1 aliphatic rings. The van der Waals surface area contributed by atoms with Crippen molar-refractivity contribution in [1.82, 2.24) is 0 Å². The average Bonchev–Trinajstić information content (AvgIpc) is 2.43. The maximum absolute atomic E-state index is 12.3. The van der Waals surface area contributed by atoms with Crippen molar-refractivity contribution >= 4 is 39.1 Å². The van der Waals surface area contributed by atoms with Crippen molar-refractivity contribution in [3.05, 3.63) is 27.7 Å². The second-order valence-electron chi connectivity index (χ2n) is 4.38. The van der Waals surface area contributed by atoms with Crippen molar-refractivity contribution in [1.29, 1.82) is 5.26 Å². The van der Waals surface area contributed by atoms with Gasteiger partial charge in [0.1, 0.15) is 5.41 Å². The summed E-state index contributed by atoms with van der Waals surface area (Å²) in [6, 6.07) is 7.25. The molecule has 0 saturated carbocycles. The lowest BCUT2D eigenvalue weighted by Crippen LogP contribution is -2.40. The van der Waals surface area contributed by atoms with E-state index in [1.807, 2.05) is 0 Å². The zero-order chi connectivity index (χ0) is 13.9. The molecule has 1 aromatic rings. The van der Waals surface area contributed by atoms with Gasteiger partial charge in [-0.2, -0.15) is 5.26 Å². The van der Waals surface area contributed by atoms with Crippen LogP contribution in [0.1, 0.15) is 12.8 Å². The standard InChI is InChI=1S/C13H12BrClN2O2/c14-10-2-1-9(15)7-11(10)17-12(18)13(8-16)3-5-19-6-4-13/h1-2,7H,3-6H2,(H,17,18). The number of rotatable bonds is 2. The van der Waals surface area contributed by atoms with Gasteiger partial charge < -0.3 is 10.1 Å². The van der Waals surface area contributed by atoms with Gasteiger partial charge in [0, 0.05) is 22.7 Å². The number of hydrogen-bond donors (Lipinski definition) is 1. The van der Waals surface area contributed by atoms with E-state index < -0.39 is 5.41 Å². The van der Waals surface area contributed by atoms with Crippen LogP contribution in [0.3, 0.4) is 0 Å². The Kier molecular flexibility index (Phi) is 4.46. The van der Waals surface area contributed by atoms with Crippen molar-refractivity contribution in [3.8, 4) is 6.07 Å². The number of hydrogen-bond acceptors (Lipinski definition) is 3. The van der Waals surface area contributed by atoms with Gasteiger partial charge in [0.2, 0.25) is 5.91 Å². The Labute approximate surface area is 124 Å². The second-order valence-corrected chi connectivity index (χ2v) is 5.68. The number of carbonyl (C=O) groups is 1. The molecule has 0 aliphatic carbocycles. The Bertz CT molecular complexity index is 536. The highest BCUT2D eigenvalue weighted by atomic mass is 79.9. The summed E-state index contributed by atoms with van der Waals surface area (Å²) in [6.45, 7) is 0.857. The molecule has 1 saturated heterocycles. The van der Waals surface area contributed by atoms with Crippen LogP contribution >= 0.6 is 27.5 Å². The third-order valence-electron chi connectivity index (χ3n) is 3.17. The quantitative estimate of drug-likeness (QED) is 0.895. The Balaban J connectivity index is 2.20. The van der Waals surface area contributed by atoms with Gasteiger partial charge in [0.05, 0.1) is 11.8 Å². The van der Waals surface area contributed by atoms with Gasteiger partial charge in [0.15, 0.2) is 0 Å². The first kappa shape index (κ1) is 14.3. The zero-order valence-corrected chi connectivity index (χ0v) is 12.4. The van der Waals surface area contributed by atoms with Gasteiger partial charge in [-0.1, -0.05) is 11.6 Å². The van der Waals surface area contributed by atoms with Crippen LogP contribution < -0.4 is 5.32 Å². The first-order chi connectivity index (χ1) is 9.07. The fourth-order valence-electron chi connectivity index (χ4n) is 1.94. The van der Waals surface area contributed by atoms with Crippen LogP contribution in [0.4, 0.5) is 5.69 Å². The summed E-state index contributed by atoms with van der Waals surface area (Å²) < 4.78 is 5.94.